The number of nitrogens with zero attached hydrogens (tertiary/aromatic N) is 2. The predicted molar refractivity (Wildman–Crippen MR) is 126 cm³/mol. The molecule has 12 heteroatoms. The van der Waals surface area contributed by atoms with Crippen molar-refractivity contribution in [3.63, 3.8) is 0 Å². The minimum absolute atomic E-state index is 0.0257. The molecule has 1 fully saturated rings. The Morgan fingerprint density at radius 2 is 2.03 bits per heavy atom. The van der Waals surface area contributed by atoms with Gasteiger partial charge in [-0.1, -0.05) is 6.07 Å². The summed E-state index contributed by atoms with van der Waals surface area (Å²) in [5.74, 6) is -1.06. The molecule has 6 rings (SSSR count). The Hall–Kier alpha value is -4.35. The number of rotatable bonds is 6. The highest BCUT2D eigenvalue weighted by atomic mass is 19.4. The van der Waals surface area contributed by atoms with E-state index in [2.05, 4.69) is 25.6 Å². The molecule has 8 nitrogen and oxygen atoms in total. The van der Waals surface area contributed by atoms with Gasteiger partial charge in [-0.25, -0.2) is 9.37 Å². The van der Waals surface area contributed by atoms with E-state index in [9.17, 15) is 22.4 Å². The molecule has 37 heavy (non-hydrogen) atoms. The summed E-state index contributed by atoms with van der Waals surface area (Å²) >= 11 is 0. The summed E-state index contributed by atoms with van der Waals surface area (Å²) in [7, 11) is 1.33. The highest BCUT2D eigenvalue weighted by molar-refractivity contribution is 6.09. The summed E-state index contributed by atoms with van der Waals surface area (Å²) in [4.78, 5) is 25.0. The molecule has 0 spiro atoms. The Balaban J connectivity index is 1.52. The van der Waals surface area contributed by atoms with Gasteiger partial charge in [0.2, 0.25) is 5.88 Å². The number of halogens is 4. The van der Waals surface area contributed by atoms with Crippen LogP contribution in [0.2, 0.25) is 0 Å². The quantitative estimate of drug-likeness (QED) is 0.312. The Morgan fingerprint density at radius 1 is 1.19 bits per heavy atom. The van der Waals surface area contributed by atoms with Crippen molar-refractivity contribution in [2.75, 3.05) is 19.0 Å². The molecule has 1 amide bonds. The number of aromatic amines is 1. The first-order chi connectivity index (χ1) is 17.7. The SMILES string of the molecule is COc1c(F)cccc1Nc1c(-c2ccnc3ccc(OCC(F)(F)F)nc23)[nH]c2c1C(=O)N[C@H]1C[C@@H]21. The first kappa shape index (κ1) is 23.1. The van der Waals surface area contributed by atoms with E-state index < -0.39 is 18.6 Å². The number of carbonyl (C=O) groups is 1. The number of pyridine rings is 2. The van der Waals surface area contributed by atoms with Gasteiger partial charge in [-0.05, 0) is 30.7 Å². The molecule has 4 heterocycles. The molecule has 0 unspecified atom stereocenters. The Labute approximate surface area is 207 Å². The van der Waals surface area contributed by atoms with Crippen LogP contribution < -0.4 is 20.1 Å². The number of hydrogen-bond acceptors (Lipinski definition) is 6. The molecular formula is C25H19F4N5O3. The van der Waals surface area contributed by atoms with Crippen molar-refractivity contribution in [1.29, 1.82) is 0 Å². The van der Waals surface area contributed by atoms with Crippen LogP contribution in [0.4, 0.5) is 28.9 Å². The van der Waals surface area contributed by atoms with E-state index in [0.29, 0.717) is 28.0 Å². The predicted octanol–water partition coefficient (Wildman–Crippen LogP) is 5.06. The molecule has 1 aliphatic carbocycles. The first-order valence-corrected chi connectivity index (χ1v) is 11.4. The molecule has 0 saturated heterocycles. The third-order valence-corrected chi connectivity index (χ3v) is 6.38. The van der Waals surface area contributed by atoms with Gasteiger partial charge in [0.05, 0.1) is 35.3 Å². The molecule has 1 aliphatic heterocycles. The number of methoxy groups -OCH3 is 1. The van der Waals surface area contributed by atoms with Crippen molar-refractivity contribution >= 4 is 28.3 Å². The van der Waals surface area contributed by atoms with E-state index in [-0.39, 0.29) is 40.7 Å². The number of fused-ring (bicyclic) bond motifs is 4. The molecule has 0 radical (unpaired) electrons. The zero-order valence-electron chi connectivity index (χ0n) is 19.2. The fraction of sp³-hybridized carbons (Fsp3) is 0.240. The van der Waals surface area contributed by atoms with Crippen LogP contribution in [0.3, 0.4) is 0 Å². The highest BCUT2D eigenvalue weighted by Gasteiger charge is 2.48. The van der Waals surface area contributed by atoms with Crippen LogP contribution in [-0.2, 0) is 0 Å². The number of H-pyrrole nitrogens is 1. The molecule has 0 bridgehead atoms. The maximum Gasteiger partial charge on any atom is 0.422 e. The average Bonchev–Trinajstić information content (AvgIpc) is 3.54. The Bertz CT molecular complexity index is 1550. The minimum Gasteiger partial charge on any atom is -0.492 e. The monoisotopic (exact) mass is 513 g/mol. The van der Waals surface area contributed by atoms with Crippen molar-refractivity contribution in [3.8, 4) is 22.9 Å². The molecule has 3 aromatic heterocycles. The van der Waals surface area contributed by atoms with Gasteiger partial charge in [0.15, 0.2) is 18.2 Å². The van der Waals surface area contributed by atoms with Gasteiger partial charge < -0.3 is 25.1 Å². The summed E-state index contributed by atoms with van der Waals surface area (Å²) in [6.45, 7) is -1.49. The van der Waals surface area contributed by atoms with Crippen LogP contribution >= 0.6 is 0 Å². The summed E-state index contributed by atoms with van der Waals surface area (Å²) in [5.41, 5.74) is 3.34. The highest BCUT2D eigenvalue weighted by Crippen LogP contribution is 2.50. The number of benzene rings is 1. The van der Waals surface area contributed by atoms with Crippen LogP contribution in [0.15, 0.2) is 42.6 Å². The second kappa shape index (κ2) is 8.36. The lowest BCUT2D eigenvalue weighted by Crippen LogP contribution is -2.31. The second-order valence-electron chi connectivity index (χ2n) is 8.81. The Kier molecular flexibility index (Phi) is 5.21. The maximum atomic E-state index is 14.4. The van der Waals surface area contributed by atoms with Crippen molar-refractivity contribution in [1.82, 2.24) is 20.3 Å². The first-order valence-electron chi connectivity index (χ1n) is 11.4. The van der Waals surface area contributed by atoms with Crippen molar-refractivity contribution in [2.45, 2.75) is 24.6 Å². The number of ether oxygens (including phenoxy) is 2. The van der Waals surface area contributed by atoms with E-state index in [1.54, 1.807) is 12.1 Å². The summed E-state index contributed by atoms with van der Waals surface area (Å²) in [5, 5.41) is 6.11. The third kappa shape index (κ3) is 4.07. The lowest BCUT2D eigenvalue weighted by Gasteiger charge is -2.16. The van der Waals surface area contributed by atoms with Crippen molar-refractivity contribution in [3.05, 3.63) is 59.7 Å². The lowest BCUT2D eigenvalue weighted by atomic mass is 10.0. The molecule has 190 valence electrons. The Morgan fingerprint density at radius 3 is 2.81 bits per heavy atom. The van der Waals surface area contributed by atoms with E-state index in [4.69, 9.17) is 9.47 Å². The topological polar surface area (TPSA) is 101 Å². The fourth-order valence-corrected chi connectivity index (χ4v) is 4.67. The normalized spacial score (nSPS) is 18.1. The maximum absolute atomic E-state index is 14.4. The number of amides is 1. The minimum atomic E-state index is -4.53. The molecule has 1 saturated carbocycles. The summed E-state index contributed by atoms with van der Waals surface area (Å²) in [6, 6.07) is 8.84. The zero-order valence-corrected chi connectivity index (χ0v) is 19.2. The fourth-order valence-electron chi connectivity index (χ4n) is 4.67. The molecule has 4 aromatic rings. The number of carbonyl (C=O) groups excluding carboxylic acids is 1. The number of aromatic nitrogens is 3. The van der Waals surface area contributed by atoms with Gasteiger partial charge in [-0.15, -0.1) is 0 Å². The smallest absolute Gasteiger partial charge is 0.422 e. The molecule has 1 aromatic carbocycles. The van der Waals surface area contributed by atoms with Crippen molar-refractivity contribution in [2.24, 2.45) is 0 Å². The second-order valence-corrected chi connectivity index (χ2v) is 8.81. The van der Waals surface area contributed by atoms with Crippen molar-refractivity contribution < 1.29 is 31.8 Å². The van der Waals surface area contributed by atoms with Gasteiger partial charge in [-0.3, -0.25) is 9.78 Å². The summed E-state index contributed by atoms with van der Waals surface area (Å²) < 4.78 is 62.6. The largest absolute Gasteiger partial charge is 0.492 e. The van der Waals surface area contributed by atoms with Crippen LogP contribution in [0.1, 0.15) is 28.4 Å². The van der Waals surface area contributed by atoms with Crippen LogP contribution in [0.5, 0.6) is 11.6 Å². The number of para-hydroxylation sites is 1. The lowest BCUT2D eigenvalue weighted by molar-refractivity contribution is -0.154. The average molecular weight is 513 g/mol. The molecular weight excluding hydrogens is 494 g/mol. The third-order valence-electron chi connectivity index (χ3n) is 6.38. The van der Waals surface area contributed by atoms with Crippen LogP contribution in [0, 0.1) is 5.82 Å². The summed E-state index contributed by atoms with van der Waals surface area (Å²) in [6.07, 6.45) is -2.23. The van der Waals surface area contributed by atoms with Gasteiger partial charge in [0.1, 0.15) is 5.52 Å². The van der Waals surface area contributed by atoms with E-state index in [0.717, 1.165) is 12.1 Å². The number of anilines is 2. The van der Waals surface area contributed by atoms with Gasteiger partial charge in [0.25, 0.3) is 5.91 Å². The number of nitrogens with one attached hydrogen (secondary N) is 3. The van der Waals surface area contributed by atoms with E-state index in [1.165, 1.54) is 37.6 Å². The van der Waals surface area contributed by atoms with Gasteiger partial charge in [0, 0.05) is 35.5 Å². The van der Waals surface area contributed by atoms with E-state index in [1.807, 2.05) is 0 Å². The van der Waals surface area contributed by atoms with Crippen LogP contribution in [-0.4, -0.2) is 46.8 Å². The molecule has 2 atom stereocenters. The number of alkyl halides is 3. The molecule has 3 N–H and O–H groups in total. The zero-order chi connectivity index (χ0) is 25.9. The van der Waals surface area contributed by atoms with Gasteiger partial charge in [-0.2, -0.15) is 13.2 Å². The van der Waals surface area contributed by atoms with Crippen LogP contribution in [0.25, 0.3) is 22.3 Å². The number of hydrogen-bond donors (Lipinski definition) is 3. The van der Waals surface area contributed by atoms with E-state index >= 15 is 0 Å². The van der Waals surface area contributed by atoms with Gasteiger partial charge >= 0.3 is 6.18 Å². The molecule has 2 aliphatic rings. The standard InChI is InChI=1S/C25H19F4N5O3/c1-36-23-13(26)3-2-4-15(23)31-22-18-20(12-9-16(12)32-24(18)35)34-21(22)11-7-8-30-14-5-6-17(33-19(11)14)37-10-25(27,28)29/h2-8,12,16,31,34H,9-10H2,1H3,(H,32,35)/t12-,16+/m1/s1.